The van der Waals surface area contributed by atoms with Gasteiger partial charge in [0.25, 0.3) is 0 Å². The quantitative estimate of drug-likeness (QED) is 0.0808. The third kappa shape index (κ3) is 9.18. The van der Waals surface area contributed by atoms with E-state index in [-0.39, 0.29) is 41.7 Å². The Morgan fingerprint density at radius 3 is 2.72 bits per heavy atom. The lowest BCUT2D eigenvalue weighted by Gasteiger charge is -2.49. The maximum Gasteiger partial charge on any atom is 0.161 e. The van der Waals surface area contributed by atoms with Crippen molar-refractivity contribution in [1.29, 1.82) is 0 Å². The van der Waals surface area contributed by atoms with E-state index >= 15 is 0 Å². The van der Waals surface area contributed by atoms with Gasteiger partial charge in [-0.05, 0) is 146 Å². The number of aliphatic hydroxyl groups excluding tert-OH is 1. The minimum atomic E-state index is -0.583. The molecular weight excluding hydrogens is 815 g/mol. The minimum absolute atomic E-state index is 0.0922. The number of phenolic OH excluding ortho intramolecular Hbond substituents is 2. The zero-order valence-electron chi connectivity index (χ0n) is 37.4. The third-order valence-corrected chi connectivity index (χ3v) is 14.6. The van der Waals surface area contributed by atoms with Crippen molar-refractivity contribution in [2.24, 2.45) is 11.8 Å². The van der Waals surface area contributed by atoms with E-state index in [1.165, 1.54) is 22.3 Å². The van der Waals surface area contributed by atoms with Gasteiger partial charge >= 0.3 is 0 Å². The number of methoxy groups -OCH3 is 1. The smallest absolute Gasteiger partial charge is 0.161 e. The van der Waals surface area contributed by atoms with Gasteiger partial charge in [-0.3, -0.25) is 5.32 Å². The van der Waals surface area contributed by atoms with Crippen LogP contribution >= 0.6 is 0 Å². The van der Waals surface area contributed by atoms with Crippen molar-refractivity contribution in [2.75, 3.05) is 33.7 Å². The molecule has 10 heteroatoms. The molecule has 10 rings (SSSR count). The fourth-order valence-corrected chi connectivity index (χ4v) is 11.1. The lowest BCUT2D eigenvalue weighted by molar-refractivity contribution is 0.00498. The molecule has 5 aliphatic rings. The molecule has 4 aromatic carbocycles. The van der Waals surface area contributed by atoms with E-state index in [2.05, 4.69) is 81.9 Å². The lowest BCUT2D eigenvalue weighted by Crippen LogP contribution is -2.47. The number of aromatic nitrogens is 1. The Kier molecular flexibility index (Phi) is 12.8. The molecule has 338 valence electrons. The zero-order chi connectivity index (χ0) is 44.3. The van der Waals surface area contributed by atoms with Crippen LogP contribution in [0.25, 0.3) is 16.6 Å². The first-order valence-electron chi connectivity index (χ1n) is 23.6. The number of hydrogen-bond donors (Lipinski definition) is 5. The molecule has 1 aromatic heterocycles. The second-order valence-electron chi connectivity index (χ2n) is 18.7. The van der Waals surface area contributed by atoms with E-state index in [9.17, 15) is 15.3 Å². The van der Waals surface area contributed by atoms with E-state index in [1.54, 1.807) is 25.3 Å². The van der Waals surface area contributed by atoms with E-state index in [4.69, 9.17) is 18.9 Å². The van der Waals surface area contributed by atoms with Crippen molar-refractivity contribution >= 4 is 16.6 Å². The summed E-state index contributed by atoms with van der Waals surface area (Å²) in [6.45, 7) is 2.31. The third-order valence-electron chi connectivity index (χ3n) is 14.6. The molecule has 5 heterocycles. The zero-order valence-corrected chi connectivity index (χ0v) is 37.4. The van der Waals surface area contributed by atoms with Gasteiger partial charge in [0, 0.05) is 59.4 Å². The highest BCUT2D eigenvalue weighted by Crippen LogP contribution is 2.52. The number of dihydropyridines is 1. The van der Waals surface area contributed by atoms with Gasteiger partial charge in [-0.1, -0.05) is 60.4 Å². The summed E-state index contributed by atoms with van der Waals surface area (Å²) in [4.78, 5) is 0. The number of benzene rings is 4. The topological polar surface area (TPSA) is 127 Å². The van der Waals surface area contributed by atoms with Crippen LogP contribution in [-0.4, -0.2) is 71.9 Å². The number of nitrogens with one attached hydrogen (secondary N) is 2. The van der Waals surface area contributed by atoms with Crippen LogP contribution in [0.4, 0.5) is 0 Å². The number of nitrogens with zero attached hydrogens (tertiary/aromatic N) is 1. The summed E-state index contributed by atoms with van der Waals surface area (Å²) >= 11 is 0. The van der Waals surface area contributed by atoms with Crippen LogP contribution in [0, 0.1) is 23.7 Å². The first-order chi connectivity index (χ1) is 31.8. The molecule has 5 N–H and O–H groups in total. The first kappa shape index (κ1) is 43.4. The van der Waals surface area contributed by atoms with Crippen LogP contribution in [0.15, 0.2) is 108 Å². The van der Waals surface area contributed by atoms with E-state index in [0.717, 1.165) is 96.8 Å². The number of aromatic hydroxyl groups is 2. The first-order valence-corrected chi connectivity index (χ1v) is 23.6. The molecule has 0 saturated carbocycles. The predicted octanol–water partition coefficient (Wildman–Crippen LogP) is 8.64. The molecule has 10 nitrogen and oxygen atoms in total. The standard InChI is InChI=1S/C55H61N3O7/c1-62-35-56-53-28-40-16-11-36(9-10-37-12-19-45(59)20-13-37)5-4-7-47-29-46(60)21-14-38-15-22-51(61)52(25-38)65-32-42-27-44(26-41-30-58(31-48(41)42)54(57-53)49(40)34-64-47)55-23-24-63-33-43(55)18-17-39-6-2-3-8-50(39)55/h2-3,6,8,12-13,15,19-20,22,25-28,30-31,36,43,46-47,53,56-57,59-61H,4-5,7,9-10,14,17-18,21,23-24,29,32-35H2,1H3/t36-,43+,46+,47-,53?,55+/m0/s1. The summed E-state index contributed by atoms with van der Waals surface area (Å²) in [6.07, 6.45) is 14.6. The highest BCUT2D eigenvalue weighted by molar-refractivity contribution is 5.88. The highest BCUT2D eigenvalue weighted by atomic mass is 16.5. The molecule has 5 aromatic rings. The number of phenols is 2. The summed E-state index contributed by atoms with van der Waals surface area (Å²) in [5, 5.41) is 42.1. The van der Waals surface area contributed by atoms with Crippen LogP contribution in [-0.2, 0) is 45.5 Å². The Morgan fingerprint density at radius 1 is 0.938 bits per heavy atom. The highest BCUT2D eigenvalue weighted by Gasteiger charge is 2.47. The summed E-state index contributed by atoms with van der Waals surface area (Å²) in [7, 11) is 1.68. The molecule has 1 saturated heterocycles. The van der Waals surface area contributed by atoms with Gasteiger partial charge in [0.1, 0.15) is 24.3 Å². The number of rotatable bonds is 7. The maximum absolute atomic E-state index is 11.6. The van der Waals surface area contributed by atoms with Gasteiger partial charge in [0.15, 0.2) is 11.5 Å². The molecule has 6 bridgehead atoms. The number of ether oxygens (including phenoxy) is 4. The van der Waals surface area contributed by atoms with E-state index in [1.807, 2.05) is 24.3 Å². The fraction of sp³-hybridized carbons (Fsp3) is 0.418. The Bertz CT molecular complexity index is 2640. The fourth-order valence-electron chi connectivity index (χ4n) is 11.1. The van der Waals surface area contributed by atoms with Crippen LogP contribution in [0.2, 0.25) is 0 Å². The molecule has 4 aliphatic heterocycles. The van der Waals surface area contributed by atoms with Gasteiger partial charge in [-0.25, -0.2) is 0 Å². The predicted molar refractivity (Wildman–Crippen MR) is 252 cm³/mol. The molecule has 1 fully saturated rings. The average Bonchev–Trinajstić information content (AvgIpc) is 3.76. The van der Waals surface area contributed by atoms with E-state index < -0.39 is 6.10 Å². The van der Waals surface area contributed by atoms with Gasteiger partial charge in [-0.15, -0.1) is 0 Å². The van der Waals surface area contributed by atoms with Crippen molar-refractivity contribution in [3.63, 3.8) is 0 Å². The van der Waals surface area contributed by atoms with Crippen molar-refractivity contribution in [3.8, 4) is 29.1 Å². The minimum Gasteiger partial charge on any atom is -0.508 e. The molecule has 6 atom stereocenters. The van der Waals surface area contributed by atoms with Crippen molar-refractivity contribution < 1.29 is 34.3 Å². The second kappa shape index (κ2) is 19.1. The number of fused-ring (bicyclic) bond motifs is 9. The second-order valence-corrected chi connectivity index (χ2v) is 18.7. The summed E-state index contributed by atoms with van der Waals surface area (Å²) in [5.41, 5.74) is 8.90. The molecule has 0 radical (unpaired) electrons. The largest absolute Gasteiger partial charge is 0.508 e. The summed E-state index contributed by atoms with van der Waals surface area (Å²) in [6, 6.07) is 26.8. The Balaban J connectivity index is 1.13. The average molecular weight is 876 g/mol. The van der Waals surface area contributed by atoms with Crippen molar-refractivity contribution in [1.82, 2.24) is 15.2 Å². The van der Waals surface area contributed by atoms with E-state index in [0.29, 0.717) is 50.9 Å². The number of aryl methyl sites for hydroxylation is 3. The Hall–Kier alpha value is -5.54. The Labute approximate surface area is 382 Å². The van der Waals surface area contributed by atoms with Crippen LogP contribution in [0.3, 0.4) is 0 Å². The summed E-state index contributed by atoms with van der Waals surface area (Å²) in [5.74, 6) is 9.52. The van der Waals surface area contributed by atoms with Crippen molar-refractivity contribution in [3.05, 3.63) is 142 Å². The molecule has 65 heavy (non-hydrogen) atoms. The number of aliphatic hydroxyl groups is 1. The molecule has 1 aliphatic carbocycles. The Morgan fingerprint density at radius 2 is 1.83 bits per heavy atom. The van der Waals surface area contributed by atoms with Gasteiger partial charge < -0.3 is 44.2 Å². The number of hydrogen-bond acceptors (Lipinski definition) is 9. The van der Waals surface area contributed by atoms with Gasteiger partial charge in [0.2, 0.25) is 0 Å². The monoisotopic (exact) mass is 875 g/mol. The van der Waals surface area contributed by atoms with Crippen molar-refractivity contribution in [2.45, 2.75) is 101 Å². The molecular formula is C55H61N3O7. The molecule has 1 unspecified atom stereocenters. The maximum atomic E-state index is 11.6. The molecule has 0 spiro atoms. The molecule has 0 amide bonds. The van der Waals surface area contributed by atoms with Crippen LogP contribution < -0.4 is 15.4 Å². The van der Waals surface area contributed by atoms with Gasteiger partial charge in [-0.2, -0.15) is 0 Å². The summed E-state index contributed by atoms with van der Waals surface area (Å²) < 4.78 is 27.5. The van der Waals surface area contributed by atoms with Crippen LogP contribution in [0.5, 0.6) is 17.2 Å². The van der Waals surface area contributed by atoms with Crippen LogP contribution in [0.1, 0.15) is 84.7 Å². The normalized spacial score (nSPS) is 25.7. The lowest BCUT2D eigenvalue weighted by atomic mass is 9.57. The SMILES string of the molecule is COCNC1C=C2C#C[C@H](CCc3ccc(O)cc3)CCC[C@H]3C[C@H](O)CCc4ccc(O)c(c4)OCc4cc([C@@]56CCOC[C@H]5CCc5ccccc56)cc5cn(cc45)C(=C2CO3)N1. The van der Waals surface area contributed by atoms with Gasteiger partial charge in [0.05, 0.1) is 32.2 Å².